The van der Waals surface area contributed by atoms with Crippen LogP contribution in [-0.4, -0.2) is 48.4 Å². The molecule has 0 saturated heterocycles. The predicted molar refractivity (Wildman–Crippen MR) is 136 cm³/mol. The van der Waals surface area contributed by atoms with Crippen LogP contribution in [0.15, 0.2) is 64.5 Å². The van der Waals surface area contributed by atoms with Crippen molar-refractivity contribution in [2.45, 2.75) is 26.4 Å². The largest absolute Gasteiger partial charge is 0.385 e. The lowest BCUT2D eigenvalue weighted by Gasteiger charge is -2.28. The van der Waals surface area contributed by atoms with Crippen LogP contribution >= 0.6 is 27.3 Å². The monoisotopic (exact) mass is 546 g/mol. The van der Waals surface area contributed by atoms with Gasteiger partial charge in [-0.1, -0.05) is 28.1 Å². The van der Waals surface area contributed by atoms with Crippen molar-refractivity contribution in [2.24, 2.45) is 0 Å². The van der Waals surface area contributed by atoms with E-state index in [1.54, 1.807) is 52.5 Å². The summed E-state index contributed by atoms with van der Waals surface area (Å²) in [5, 5.41) is 2.00. The lowest BCUT2D eigenvalue weighted by molar-refractivity contribution is -0.133. The van der Waals surface area contributed by atoms with Gasteiger partial charge < -0.3 is 14.5 Å². The number of amides is 2. The number of carbonyl (C=O) groups is 2. The first-order valence-corrected chi connectivity index (χ1v) is 12.6. The van der Waals surface area contributed by atoms with Gasteiger partial charge in [0.15, 0.2) is 0 Å². The molecular formula is C26H28BrFN2O3S. The quantitative estimate of drug-likeness (QED) is 0.291. The van der Waals surface area contributed by atoms with E-state index >= 15 is 0 Å². The zero-order chi connectivity index (χ0) is 24.5. The van der Waals surface area contributed by atoms with Crippen molar-refractivity contribution in [3.05, 3.63) is 91.8 Å². The Morgan fingerprint density at radius 1 is 1.00 bits per heavy atom. The third kappa shape index (κ3) is 7.48. The van der Waals surface area contributed by atoms with E-state index in [1.165, 1.54) is 12.1 Å². The summed E-state index contributed by atoms with van der Waals surface area (Å²) >= 11 is 4.98. The Kier molecular flexibility index (Phi) is 9.80. The van der Waals surface area contributed by atoms with Gasteiger partial charge in [0, 0.05) is 41.7 Å². The van der Waals surface area contributed by atoms with Gasteiger partial charge in [0.1, 0.15) is 12.4 Å². The summed E-state index contributed by atoms with van der Waals surface area (Å²) in [4.78, 5) is 31.1. The van der Waals surface area contributed by atoms with Crippen molar-refractivity contribution in [3.8, 4) is 0 Å². The molecule has 34 heavy (non-hydrogen) atoms. The van der Waals surface area contributed by atoms with E-state index in [0.29, 0.717) is 38.2 Å². The number of methoxy groups -OCH3 is 1. The first-order valence-electron chi connectivity index (χ1n) is 11.0. The Hall–Kier alpha value is -2.55. The summed E-state index contributed by atoms with van der Waals surface area (Å²) in [6.45, 7) is 3.61. The molecule has 2 amide bonds. The molecule has 0 unspecified atom stereocenters. The van der Waals surface area contributed by atoms with Gasteiger partial charge in [0.25, 0.3) is 5.91 Å². The maximum atomic E-state index is 13.5. The van der Waals surface area contributed by atoms with Gasteiger partial charge in [0.2, 0.25) is 5.91 Å². The summed E-state index contributed by atoms with van der Waals surface area (Å²) in [7, 11) is 1.61. The second kappa shape index (κ2) is 12.8. The van der Waals surface area contributed by atoms with Crippen LogP contribution < -0.4 is 0 Å². The number of thiophene rings is 1. The number of benzene rings is 2. The Balaban J connectivity index is 1.81. The fourth-order valence-corrected chi connectivity index (χ4v) is 4.66. The molecule has 3 rings (SSSR count). The Morgan fingerprint density at radius 2 is 1.71 bits per heavy atom. The molecule has 0 aliphatic carbocycles. The van der Waals surface area contributed by atoms with Crippen LogP contribution in [0.25, 0.3) is 0 Å². The summed E-state index contributed by atoms with van der Waals surface area (Å²) < 4.78 is 19.4. The second-order valence-electron chi connectivity index (χ2n) is 7.98. The molecule has 0 spiro atoms. The van der Waals surface area contributed by atoms with E-state index in [9.17, 15) is 14.0 Å². The molecule has 180 valence electrons. The summed E-state index contributed by atoms with van der Waals surface area (Å²) in [6, 6.07) is 15.3. The third-order valence-electron chi connectivity index (χ3n) is 5.42. The molecule has 2 aromatic carbocycles. The minimum Gasteiger partial charge on any atom is -0.385 e. The minimum atomic E-state index is -0.319. The molecule has 0 bridgehead atoms. The van der Waals surface area contributed by atoms with Crippen molar-refractivity contribution in [1.29, 1.82) is 0 Å². The third-order valence-corrected chi connectivity index (χ3v) is 6.96. The predicted octanol–water partition coefficient (Wildman–Crippen LogP) is 5.67. The van der Waals surface area contributed by atoms with Crippen LogP contribution in [0.4, 0.5) is 4.39 Å². The maximum Gasteiger partial charge on any atom is 0.254 e. The van der Waals surface area contributed by atoms with Gasteiger partial charge in [-0.15, -0.1) is 11.3 Å². The number of rotatable bonds is 11. The Morgan fingerprint density at radius 3 is 2.32 bits per heavy atom. The van der Waals surface area contributed by atoms with E-state index in [1.807, 2.05) is 30.5 Å². The number of hydrogen-bond donors (Lipinski definition) is 0. The molecule has 3 aromatic rings. The average Bonchev–Trinajstić information content (AvgIpc) is 3.23. The normalized spacial score (nSPS) is 10.8. The van der Waals surface area contributed by atoms with Gasteiger partial charge in [-0.05, 0) is 72.3 Å². The molecule has 0 saturated carbocycles. The highest BCUT2D eigenvalue weighted by molar-refractivity contribution is 9.10. The van der Waals surface area contributed by atoms with Crippen molar-refractivity contribution < 1.29 is 18.7 Å². The summed E-state index contributed by atoms with van der Waals surface area (Å²) in [6.07, 6.45) is 0.619. The van der Waals surface area contributed by atoms with Gasteiger partial charge in [0.05, 0.1) is 6.54 Å². The molecule has 0 aliphatic heterocycles. The summed E-state index contributed by atoms with van der Waals surface area (Å²) in [5.41, 5.74) is 2.46. The fourth-order valence-electron chi connectivity index (χ4n) is 3.47. The van der Waals surface area contributed by atoms with Crippen LogP contribution in [0.1, 0.15) is 32.8 Å². The number of carbonyl (C=O) groups excluding carboxylic acids is 2. The highest BCUT2D eigenvalue weighted by Crippen LogP contribution is 2.20. The number of ether oxygens (including phenoxy) is 1. The van der Waals surface area contributed by atoms with E-state index in [2.05, 4.69) is 15.9 Å². The molecule has 0 radical (unpaired) electrons. The standard InChI is InChI=1S/C26H28BrFN2O3S/c1-19-12-15-34-24(19)17-30(16-20-4-10-23(28)11-5-20)25(31)18-29(13-3-14-33-2)26(32)21-6-8-22(27)9-7-21/h4-12,15H,3,13-14,16-18H2,1-2H3. The van der Waals surface area contributed by atoms with E-state index in [0.717, 1.165) is 20.5 Å². The smallest absolute Gasteiger partial charge is 0.254 e. The maximum absolute atomic E-state index is 13.5. The van der Waals surface area contributed by atoms with Crippen LogP contribution in [0.5, 0.6) is 0 Å². The lowest BCUT2D eigenvalue weighted by atomic mass is 10.1. The SMILES string of the molecule is COCCCN(CC(=O)N(Cc1ccc(F)cc1)Cc1sccc1C)C(=O)c1ccc(Br)cc1. The van der Waals surface area contributed by atoms with Crippen LogP contribution in [0.2, 0.25) is 0 Å². The van der Waals surface area contributed by atoms with Gasteiger partial charge >= 0.3 is 0 Å². The van der Waals surface area contributed by atoms with Crippen LogP contribution in [0, 0.1) is 12.7 Å². The van der Waals surface area contributed by atoms with E-state index in [4.69, 9.17) is 4.74 Å². The second-order valence-corrected chi connectivity index (χ2v) is 9.90. The molecule has 1 heterocycles. The molecule has 5 nitrogen and oxygen atoms in total. The molecule has 0 N–H and O–H groups in total. The van der Waals surface area contributed by atoms with Crippen molar-refractivity contribution in [2.75, 3.05) is 26.8 Å². The highest BCUT2D eigenvalue weighted by atomic mass is 79.9. The lowest BCUT2D eigenvalue weighted by Crippen LogP contribution is -2.43. The molecule has 1 aromatic heterocycles. The Labute approximate surface area is 212 Å². The zero-order valence-corrected chi connectivity index (χ0v) is 21.7. The molecule has 0 atom stereocenters. The van der Waals surface area contributed by atoms with Gasteiger partial charge in [-0.2, -0.15) is 0 Å². The Bertz CT molecular complexity index is 1090. The van der Waals surface area contributed by atoms with Crippen molar-refractivity contribution >= 4 is 39.1 Å². The van der Waals surface area contributed by atoms with E-state index in [-0.39, 0.29) is 24.2 Å². The first-order chi connectivity index (χ1) is 16.4. The zero-order valence-electron chi connectivity index (χ0n) is 19.3. The van der Waals surface area contributed by atoms with Gasteiger partial charge in [-0.3, -0.25) is 9.59 Å². The molecule has 0 aliphatic rings. The topological polar surface area (TPSA) is 49.9 Å². The molecular weight excluding hydrogens is 519 g/mol. The first kappa shape index (κ1) is 26.1. The van der Waals surface area contributed by atoms with Crippen LogP contribution in [0.3, 0.4) is 0 Å². The average molecular weight is 547 g/mol. The fraction of sp³-hybridized carbons (Fsp3) is 0.308. The highest BCUT2D eigenvalue weighted by Gasteiger charge is 2.23. The van der Waals surface area contributed by atoms with Crippen molar-refractivity contribution in [3.63, 3.8) is 0 Å². The summed E-state index contributed by atoms with van der Waals surface area (Å²) in [5.74, 6) is -0.689. The number of halogens is 2. The van der Waals surface area contributed by atoms with Gasteiger partial charge in [-0.25, -0.2) is 4.39 Å². The molecule has 8 heteroatoms. The van der Waals surface area contributed by atoms with E-state index < -0.39 is 0 Å². The van der Waals surface area contributed by atoms with Crippen molar-refractivity contribution in [1.82, 2.24) is 9.80 Å². The number of nitrogens with zero attached hydrogens (tertiary/aromatic N) is 2. The van der Waals surface area contributed by atoms with Crippen LogP contribution in [-0.2, 0) is 22.6 Å². The number of hydrogen-bond acceptors (Lipinski definition) is 4. The minimum absolute atomic E-state index is 0.0514. The molecule has 0 fully saturated rings. The number of aryl methyl sites for hydroxylation is 1.